The summed E-state index contributed by atoms with van der Waals surface area (Å²) in [7, 11) is 9.20. The summed E-state index contributed by atoms with van der Waals surface area (Å²) in [4.78, 5) is 50.0. The van der Waals surface area contributed by atoms with Gasteiger partial charge >= 0.3 is 0 Å². The number of ether oxygens (including phenoxy) is 6. The van der Waals surface area contributed by atoms with Gasteiger partial charge in [-0.15, -0.1) is 0 Å². The molecule has 10 nitrogen and oxygen atoms in total. The van der Waals surface area contributed by atoms with Gasteiger partial charge in [0.1, 0.15) is 11.6 Å². The third-order valence-corrected chi connectivity index (χ3v) is 9.85. The number of Topliss-reactive ketones (excluding diaryl/α,β-unsaturated/α-hetero) is 4. The fourth-order valence-electron chi connectivity index (χ4n) is 6.65. The van der Waals surface area contributed by atoms with E-state index in [1.54, 1.807) is 24.3 Å². The Labute approximate surface area is 323 Å². The van der Waals surface area contributed by atoms with Crippen molar-refractivity contribution in [3.63, 3.8) is 0 Å². The molecule has 2 aromatic carbocycles. The Morgan fingerprint density at radius 3 is 0.778 bits per heavy atom. The van der Waals surface area contributed by atoms with Crippen LogP contribution in [0, 0.1) is 0 Å². The zero-order chi connectivity index (χ0) is 39.6. The number of hydrogen-bond donors (Lipinski definition) is 0. The van der Waals surface area contributed by atoms with Crippen LogP contribution >= 0.6 is 0 Å². The first-order valence-electron chi connectivity index (χ1n) is 19.9. The standard InChI is InChI=1S/C44H66O10/c1-49-39-29-33(30-40(50-2)43(39)53-5)37(47)27-21-15-13-19-25-35(45)23-17-11-9-7-8-10-12-18-24-36(46)26-20-14-16-22-28-38(48)34-31-41(51-3)44(54-6)42(32-34)52-4/h29-32H,7-28H2,1-6H3. The van der Waals surface area contributed by atoms with Crippen LogP contribution in [0.2, 0.25) is 0 Å². The van der Waals surface area contributed by atoms with E-state index in [0.29, 0.717) is 95.7 Å². The van der Waals surface area contributed by atoms with Crippen molar-refractivity contribution in [2.45, 2.75) is 141 Å². The van der Waals surface area contributed by atoms with Gasteiger partial charge in [-0.3, -0.25) is 19.2 Å². The van der Waals surface area contributed by atoms with E-state index in [0.717, 1.165) is 89.9 Å². The maximum atomic E-state index is 12.7. The molecule has 0 bridgehead atoms. The zero-order valence-corrected chi connectivity index (χ0v) is 33.9. The van der Waals surface area contributed by atoms with E-state index in [4.69, 9.17) is 28.4 Å². The molecule has 0 aliphatic rings. The molecule has 0 atom stereocenters. The molecule has 0 unspecified atom stereocenters. The summed E-state index contributed by atoms with van der Waals surface area (Å²) in [5.41, 5.74) is 1.09. The van der Waals surface area contributed by atoms with Crippen molar-refractivity contribution in [1.82, 2.24) is 0 Å². The molecule has 2 aromatic rings. The van der Waals surface area contributed by atoms with Crippen molar-refractivity contribution in [3.8, 4) is 34.5 Å². The third-order valence-electron chi connectivity index (χ3n) is 9.85. The van der Waals surface area contributed by atoms with E-state index in [1.165, 1.54) is 55.5 Å². The van der Waals surface area contributed by atoms with Crippen LogP contribution in [-0.2, 0) is 9.59 Å². The molecule has 0 aliphatic carbocycles. The summed E-state index contributed by atoms with van der Waals surface area (Å²) < 4.78 is 32.1. The van der Waals surface area contributed by atoms with Gasteiger partial charge in [-0.2, -0.15) is 0 Å². The van der Waals surface area contributed by atoms with Crippen LogP contribution in [0.25, 0.3) is 0 Å². The number of ketones is 4. The van der Waals surface area contributed by atoms with Crippen LogP contribution in [-0.4, -0.2) is 65.8 Å². The minimum Gasteiger partial charge on any atom is -0.493 e. The van der Waals surface area contributed by atoms with E-state index in [9.17, 15) is 19.2 Å². The van der Waals surface area contributed by atoms with Crippen molar-refractivity contribution >= 4 is 23.1 Å². The maximum absolute atomic E-state index is 12.7. The lowest BCUT2D eigenvalue weighted by atomic mass is 10.0. The molecule has 0 aromatic heterocycles. The number of carbonyl (C=O) groups excluding carboxylic acids is 4. The molecule has 0 spiro atoms. The van der Waals surface area contributed by atoms with E-state index < -0.39 is 0 Å². The largest absolute Gasteiger partial charge is 0.493 e. The quantitative estimate of drug-likeness (QED) is 0.0514. The molecule has 302 valence electrons. The lowest BCUT2D eigenvalue weighted by Crippen LogP contribution is -2.03. The molecule has 10 heteroatoms. The molecule has 2 rings (SSSR count). The van der Waals surface area contributed by atoms with Gasteiger partial charge in [-0.25, -0.2) is 0 Å². The van der Waals surface area contributed by atoms with Gasteiger partial charge in [0.25, 0.3) is 0 Å². The Bertz CT molecular complexity index is 1270. The summed E-state index contributed by atoms with van der Waals surface area (Å²) in [6, 6.07) is 6.76. The van der Waals surface area contributed by atoms with E-state index >= 15 is 0 Å². The Balaban J connectivity index is 1.40. The van der Waals surface area contributed by atoms with E-state index in [1.807, 2.05) is 0 Å². The highest BCUT2D eigenvalue weighted by Crippen LogP contribution is 2.39. The molecule has 0 heterocycles. The number of rotatable bonds is 33. The smallest absolute Gasteiger partial charge is 0.203 e. The van der Waals surface area contributed by atoms with E-state index in [2.05, 4.69) is 0 Å². The highest BCUT2D eigenvalue weighted by atomic mass is 16.5. The second kappa shape index (κ2) is 27.5. The Morgan fingerprint density at radius 1 is 0.333 bits per heavy atom. The summed E-state index contributed by atoms with van der Waals surface area (Å²) in [6.07, 6.45) is 19.3. The molecule has 0 saturated heterocycles. The van der Waals surface area contributed by atoms with Gasteiger partial charge in [0.15, 0.2) is 34.6 Å². The second-order valence-electron chi connectivity index (χ2n) is 13.9. The summed E-state index contributed by atoms with van der Waals surface area (Å²) >= 11 is 0. The number of benzene rings is 2. The van der Waals surface area contributed by atoms with Crippen LogP contribution in [0.5, 0.6) is 34.5 Å². The molecule has 0 N–H and O–H groups in total. The lowest BCUT2D eigenvalue weighted by Gasteiger charge is -2.13. The predicted molar refractivity (Wildman–Crippen MR) is 212 cm³/mol. The Kier molecular flexibility index (Phi) is 23.5. The van der Waals surface area contributed by atoms with Gasteiger partial charge in [0, 0.05) is 49.7 Å². The molecular formula is C44H66O10. The van der Waals surface area contributed by atoms with Crippen LogP contribution < -0.4 is 28.4 Å². The number of unbranched alkanes of at least 4 members (excludes halogenated alkanes) is 13. The van der Waals surface area contributed by atoms with Crippen molar-refractivity contribution < 1.29 is 47.6 Å². The minimum atomic E-state index is 0.0399. The normalized spacial score (nSPS) is 10.9. The Morgan fingerprint density at radius 2 is 0.556 bits per heavy atom. The highest BCUT2D eigenvalue weighted by Gasteiger charge is 2.18. The third kappa shape index (κ3) is 16.9. The Hall–Kier alpha value is -4.08. The second-order valence-corrected chi connectivity index (χ2v) is 13.9. The molecule has 54 heavy (non-hydrogen) atoms. The van der Waals surface area contributed by atoms with Crippen molar-refractivity contribution in [2.24, 2.45) is 0 Å². The monoisotopic (exact) mass is 754 g/mol. The van der Waals surface area contributed by atoms with Crippen LogP contribution in [0.4, 0.5) is 0 Å². The van der Waals surface area contributed by atoms with Gasteiger partial charge in [-0.05, 0) is 62.8 Å². The predicted octanol–water partition coefficient (Wildman–Crippen LogP) is 10.5. The SMILES string of the molecule is COc1cc(C(=O)CCCCCCC(=O)CCCCCCCCCCC(=O)CCCCCCC(=O)c2cc(OC)c(OC)c(OC)c2)cc(OC)c1OC. The zero-order valence-electron chi connectivity index (χ0n) is 33.9. The summed E-state index contributed by atoms with van der Waals surface area (Å²) in [6.45, 7) is 0. The van der Waals surface area contributed by atoms with Crippen molar-refractivity contribution in [1.29, 1.82) is 0 Å². The molecular weight excluding hydrogens is 688 g/mol. The first-order chi connectivity index (χ1) is 26.2. The molecule has 0 fully saturated rings. The summed E-state index contributed by atoms with van der Waals surface area (Å²) in [5, 5.41) is 0. The number of methoxy groups -OCH3 is 6. The molecule has 0 aliphatic heterocycles. The fourth-order valence-corrected chi connectivity index (χ4v) is 6.65. The van der Waals surface area contributed by atoms with E-state index in [-0.39, 0.29) is 11.6 Å². The molecule has 0 radical (unpaired) electrons. The average Bonchev–Trinajstić information content (AvgIpc) is 3.19. The maximum Gasteiger partial charge on any atom is 0.203 e. The first-order valence-corrected chi connectivity index (χ1v) is 19.9. The van der Waals surface area contributed by atoms with Crippen LogP contribution in [0.3, 0.4) is 0 Å². The van der Waals surface area contributed by atoms with Crippen molar-refractivity contribution in [2.75, 3.05) is 42.7 Å². The van der Waals surface area contributed by atoms with Gasteiger partial charge < -0.3 is 28.4 Å². The lowest BCUT2D eigenvalue weighted by molar-refractivity contribution is -0.120. The molecule has 0 saturated carbocycles. The average molecular weight is 755 g/mol. The number of hydrogen-bond acceptors (Lipinski definition) is 10. The highest BCUT2D eigenvalue weighted by molar-refractivity contribution is 5.98. The first kappa shape index (κ1) is 46.1. The topological polar surface area (TPSA) is 124 Å². The van der Waals surface area contributed by atoms with Crippen LogP contribution in [0.15, 0.2) is 24.3 Å². The summed E-state index contributed by atoms with van der Waals surface area (Å²) in [5.74, 6) is 3.59. The minimum absolute atomic E-state index is 0.0399. The van der Waals surface area contributed by atoms with Gasteiger partial charge in [-0.1, -0.05) is 64.2 Å². The number of carbonyl (C=O) groups is 4. The van der Waals surface area contributed by atoms with Gasteiger partial charge in [0.05, 0.1) is 42.7 Å². The van der Waals surface area contributed by atoms with Crippen LogP contribution in [0.1, 0.15) is 162 Å². The van der Waals surface area contributed by atoms with Gasteiger partial charge in [0.2, 0.25) is 11.5 Å². The van der Waals surface area contributed by atoms with Crippen molar-refractivity contribution in [3.05, 3.63) is 35.4 Å². The molecule has 0 amide bonds. The fraction of sp³-hybridized carbons (Fsp3) is 0.636.